The maximum absolute atomic E-state index is 4.10. The Labute approximate surface area is 51.1 Å². The smallest absolute Gasteiger partial charge is 0.0354 e. The van der Waals surface area contributed by atoms with E-state index in [2.05, 4.69) is 11.9 Å². The largest absolute Gasteiger partial charge is 0.266 e. The highest BCUT2D eigenvalue weighted by Gasteiger charge is 1.80. The molecule has 0 bridgehead atoms. The Morgan fingerprint density at radius 1 is 1.50 bits per heavy atom. The average molecular weight is 111 g/mol. The summed E-state index contributed by atoms with van der Waals surface area (Å²) in [5, 5.41) is 0. The summed E-state index contributed by atoms with van der Waals surface area (Å²) in [6, 6.07) is 0. The normalized spacial score (nSPS) is 13.1. The third-order valence-electron chi connectivity index (χ3n) is 0.990. The van der Waals surface area contributed by atoms with E-state index in [-0.39, 0.29) is 0 Å². The molecule has 0 aromatic rings. The van der Waals surface area contributed by atoms with E-state index in [1.54, 1.807) is 0 Å². The molecular formula is C7H13N. The fraction of sp³-hybridized carbons (Fsp3) is 0.571. The van der Waals surface area contributed by atoms with E-state index in [9.17, 15) is 0 Å². The molecule has 0 aliphatic heterocycles. The highest BCUT2D eigenvalue weighted by Crippen LogP contribution is 1.99. The minimum absolute atomic E-state index is 1.03. The van der Waals surface area contributed by atoms with Crippen molar-refractivity contribution in [1.82, 2.24) is 0 Å². The van der Waals surface area contributed by atoms with Crippen LogP contribution in [0, 0.1) is 0 Å². The molecule has 0 amide bonds. The quantitative estimate of drug-likeness (QED) is 0.485. The summed E-state index contributed by atoms with van der Waals surface area (Å²) in [5.74, 6) is 0. The Balaban J connectivity index is 3.72. The standard InChI is InChI=1S/C7H13N/c1-4-7(5-2)8-6-3/h4,6H,5H2,1-3H3. The second-order valence-electron chi connectivity index (χ2n) is 1.52. The minimum atomic E-state index is 1.03. The first-order valence-electron chi connectivity index (χ1n) is 2.99. The molecular weight excluding hydrogens is 98.1 g/mol. The summed E-state index contributed by atoms with van der Waals surface area (Å²) >= 11 is 0. The van der Waals surface area contributed by atoms with Crippen molar-refractivity contribution in [2.24, 2.45) is 4.99 Å². The summed E-state index contributed by atoms with van der Waals surface area (Å²) in [4.78, 5) is 4.10. The van der Waals surface area contributed by atoms with Crippen molar-refractivity contribution in [3.63, 3.8) is 0 Å². The number of allylic oxidation sites excluding steroid dienone is 2. The molecule has 0 rings (SSSR count). The summed E-state index contributed by atoms with van der Waals surface area (Å²) in [6.07, 6.45) is 4.87. The second-order valence-corrected chi connectivity index (χ2v) is 1.52. The summed E-state index contributed by atoms with van der Waals surface area (Å²) in [5.41, 5.74) is 1.16. The Morgan fingerprint density at radius 2 is 2.12 bits per heavy atom. The highest BCUT2D eigenvalue weighted by molar-refractivity contribution is 5.55. The Hall–Kier alpha value is -0.590. The number of hydrogen-bond donors (Lipinski definition) is 0. The van der Waals surface area contributed by atoms with Crippen molar-refractivity contribution in [3.8, 4) is 0 Å². The van der Waals surface area contributed by atoms with Crippen LogP contribution in [0.4, 0.5) is 0 Å². The van der Waals surface area contributed by atoms with Crippen LogP contribution < -0.4 is 0 Å². The lowest BCUT2D eigenvalue weighted by molar-refractivity contribution is 1.06. The third kappa shape index (κ3) is 2.56. The number of rotatable bonds is 2. The van der Waals surface area contributed by atoms with Gasteiger partial charge in [-0.2, -0.15) is 0 Å². The predicted molar refractivity (Wildman–Crippen MR) is 38.2 cm³/mol. The molecule has 0 unspecified atom stereocenters. The number of nitrogens with zero attached hydrogens (tertiary/aromatic N) is 1. The van der Waals surface area contributed by atoms with Gasteiger partial charge in [-0.05, 0) is 20.3 Å². The first-order chi connectivity index (χ1) is 3.85. The van der Waals surface area contributed by atoms with Crippen LogP contribution in [-0.2, 0) is 0 Å². The molecule has 0 heterocycles. The molecule has 0 spiro atoms. The zero-order chi connectivity index (χ0) is 6.41. The fourth-order valence-corrected chi connectivity index (χ4v) is 0.536. The molecule has 8 heavy (non-hydrogen) atoms. The fourth-order valence-electron chi connectivity index (χ4n) is 0.536. The van der Waals surface area contributed by atoms with E-state index in [1.165, 1.54) is 0 Å². The van der Waals surface area contributed by atoms with E-state index in [1.807, 2.05) is 26.1 Å². The Morgan fingerprint density at radius 3 is 2.25 bits per heavy atom. The van der Waals surface area contributed by atoms with Crippen LogP contribution in [0.3, 0.4) is 0 Å². The van der Waals surface area contributed by atoms with Crippen LogP contribution in [0.2, 0.25) is 0 Å². The van der Waals surface area contributed by atoms with Crippen molar-refractivity contribution in [2.45, 2.75) is 27.2 Å². The lowest BCUT2D eigenvalue weighted by Crippen LogP contribution is -1.72. The molecule has 1 heteroatoms. The first kappa shape index (κ1) is 7.41. The SMILES string of the molecule is CC=NC(=CC)CC. The minimum Gasteiger partial charge on any atom is -0.266 e. The summed E-state index contributed by atoms with van der Waals surface area (Å²) < 4.78 is 0. The topological polar surface area (TPSA) is 12.4 Å². The van der Waals surface area contributed by atoms with Crippen LogP contribution >= 0.6 is 0 Å². The van der Waals surface area contributed by atoms with Crippen molar-refractivity contribution < 1.29 is 0 Å². The van der Waals surface area contributed by atoms with Crippen LogP contribution in [-0.4, -0.2) is 6.21 Å². The number of hydrogen-bond acceptors (Lipinski definition) is 1. The van der Waals surface area contributed by atoms with Gasteiger partial charge in [-0.15, -0.1) is 0 Å². The van der Waals surface area contributed by atoms with E-state index in [0.717, 1.165) is 12.1 Å². The molecule has 46 valence electrons. The molecule has 0 radical (unpaired) electrons. The van der Waals surface area contributed by atoms with Crippen LogP contribution in [0.25, 0.3) is 0 Å². The van der Waals surface area contributed by atoms with Crippen molar-refractivity contribution in [3.05, 3.63) is 11.8 Å². The van der Waals surface area contributed by atoms with Gasteiger partial charge in [-0.25, -0.2) is 0 Å². The molecule has 0 saturated heterocycles. The second kappa shape index (κ2) is 4.57. The van der Waals surface area contributed by atoms with Gasteiger partial charge in [0.15, 0.2) is 0 Å². The Kier molecular flexibility index (Phi) is 4.23. The first-order valence-corrected chi connectivity index (χ1v) is 2.99. The van der Waals surface area contributed by atoms with Gasteiger partial charge in [0.25, 0.3) is 0 Å². The predicted octanol–water partition coefficient (Wildman–Crippen LogP) is 2.39. The van der Waals surface area contributed by atoms with Gasteiger partial charge in [0.2, 0.25) is 0 Å². The van der Waals surface area contributed by atoms with Crippen molar-refractivity contribution in [1.29, 1.82) is 0 Å². The average Bonchev–Trinajstić information content (AvgIpc) is 1.83. The molecule has 0 saturated carbocycles. The van der Waals surface area contributed by atoms with Gasteiger partial charge in [0.1, 0.15) is 0 Å². The molecule has 0 aliphatic carbocycles. The lowest BCUT2D eigenvalue weighted by atomic mass is 10.3. The Bertz CT molecular complexity index is 98.2. The highest BCUT2D eigenvalue weighted by atomic mass is 14.7. The van der Waals surface area contributed by atoms with Gasteiger partial charge in [-0.1, -0.05) is 13.0 Å². The van der Waals surface area contributed by atoms with Crippen molar-refractivity contribution in [2.75, 3.05) is 0 Å². The van der Waals surface area contributed by atoms with Crippen molar-refractivity contribution >= 4 is 6.21 Å². The summed E-state index contributed by atoms with van der Waals surface area (Å²) in [6.45, 7) is 6.04. The molecule has 0 aromatic heterocycles. The number of aliphatic imine (C=N–C) groups is 1. The van der Waals surface area contributed by atoms with E-state index in [0.29, 0.717) is 0 Å². The molecule has 0 N–H and O–H groups in total. The zero-order valence-corrected chi connectivity index (χ0v) is 5.81. The molecule has 1 nitrogen and oxygen atoms in total. The van der Waals surface area contributed by atoms with E-state index < -0.39 is 0 Å². The zero-order valence-electron chi connectivity index (χ0n) is 5.81. The van der Waals surface area contributed by atoms with Gasteiger partial charge < -0.3 is 0 Å². The van der Waals surface area contributed by atoms with Crippen LogP contribution in [0.5, 0.6) is 0 Å². The molecule has 0 aliphatic rings. The van der Waals surface area contributed by atoms with Gasteiger partial charge in [-0.3, -0.25) is 4.99 Å². The monoisotopic (exact) mass is 111 g/mol. The molecule has 0 aromatic carbocycles. The van der Waals surface area contributed by atoms with Crippen LogP contribution in [0.15, 0.2) is 16.8 Å². The lowest BCUT2D eigenvalue weighted by Gasteiger charge is -1.89. The maximum atomic E-state index is 4.10. The molecule has 0 atom stereocenters. The maximum Gasteiger partial charge on any atom is 0.0354 e. The van der Waals surface area contributed by atoms with Gasteiger partial charge in [0, 0.05) is 11.9 Å². The van der Waals surface area contributed by atoms with Gasteiger partial charge in [0.05, 0.1) is 0 Å². The van der Waals surface area contributed by atoms with Crippen LogP contribution in [0.1, 0.15) is 27.2 Å². The molecule has 0 fully saturated rings. The summed E-state index contributed by atoms with van der Waals surface area (Å²) in [7, 11) is 0. The van der Waals surface area contributed by atoms with E-state index in [4.69, 9.17) is 0 Å². The van der Waals surface area contributed by atoms with E-state index >= 15 is 0 Å². The van der Waals surface area contributed by atoms with Gasteiger partial charge >= 0.3 is 0 Å². The third-order valence-corrected chi connectivity index (χ3v) is 0.990.